The third-order valence-electron chi connectivity index (χ3n) is 4.93. The van der Waals surface area contributed by atoms with Crippen LogP contribution in [0.25, 0.3) is 0 Å². The Morgan fingerprint density at radius 3 is 2.76 bits per heavy atom. The minimum Gasteiger partial charge on any atom is -0.508 e. The normalized spacial score (nSPS) is 17.7. The van der Waals surface area contributed by atoms with Gasteiger partial charge in [-0.2, -0.15) is 0 Å². The molecule has 1 atom stereocenters. The summed E-state index contributed by atoms with van der Waals surface area (Å²) in [4.78, 5) is 20.5. The van der Waals surface area contributed by atoms with Crippen molar-refractivity contribution in [2.75, 3.05) is 6.54 Å². The monoisotopic (exact) mass is 358 g/mol. The summed E-state index contributed by atoms with van der Waals surface area (Å²) in [5.41, 5.74) is 2.08. The number of thiazole rings is 1. The zero-order chi connectivity index (χ0) is 17.8. The molecule has 1 aliphatic rings. The molecular weight excluding hydrogens is 332 g/mol. The molecular formula is C20H26N2O2S. The Kier molecular flexibility index (Phi) is 5.74. The molecule has 1 N–H and O–H groups in total. The minimum absolute atomic E-state index is 0.158. The predicted molar refractivity (Wildman–Crippen MR) is 101 cm³/mol. The first kappa shape index (κ1) is 17.9. The second-order valence-electron chi connectivity index (χ2n) is 6.73. The van der Waals surface area contributed by atoms with Gasteiger partial charge in [-0.15, -0.1) is 11.3 Å². The number of nitrogens with zero attached hydrogens (tertiary/aromatic N) is 2. The number of aryl methyl sites for hydroxylation is 3. The lowest BCUT2D eigenvalue weighted by Crippen LogP contribution is -2.43. The molecule has 134 valence electrons. The number of phenolic OH excluding ortho intramolecular Hbond substituents is 1. The fourth-order valence-electron chi connectivity index (χ4n) is 3.50. The van der Waals surface area contributed by atoms with Gasteiger partial charge in [0, 0.05) is 12.6 Å². The van der Waals surface area contributed by atoms with Crippen LogP contribution >= 0.6 is 11.3 Å². The van der Waals surface area contributed by atoms with Gasteiger partial charge in [0.15, 0.2) is 0 Å². The second-order valence-corrected chi connectivity index (χ2v) is 7.81. The number of phenols is 1. The molecule has 1 fully saturated rings. The Morgan fingerprint density at radius 2 is 2.08 bits per heavy atom. The van der Waals surface area contributed by atoms with Gasteiger partial charge in [0.05, 0.1) is 10.7 Å². The van der Waals surface area contributed by atoms with Crippen molar-refractivity contribution in [3.63, 3.8) is 0 Å². The summed E-state index contributed by atoms with van der Waals surface area (Å²) in [6.45, 7) is 4.87. The van der Waals surface area contributed by atoms with Gasteiger partial charge in [-0.05, 0) is 63.1 Å². The number of amides is 1. The van der Waals surface area contributed by atoms with E-state index in [1.165, 1.54) is 12.0 Å². The highest BCUT2D eigenvalue weighted by molar-refractivity contribution is 7.13. The largest absolute Gasteiger partial charge is 0.508 e. The van der Waals surface area contributed by atoms with Crippen molar-refractivity contribution in [3.8, 4) is 5.75 Å². The van der Waals surface area contributed by atoms with Crippen molar-refractivity contribution in [2.45, 2.75) is 58.4 Å². The van der Waals surface area contributed by atoms with E-state index in [-0.39, 0.29) is 5.91 Å². The summed E-state index contributed by atoms with van der Waals surface area (Å²) in [5.74, 6) is 0.454. The molecule has 25 heavy (non-hydrogen) atoms. The van der Waals surface area contributed by atoms with E-state index in [1.807, 2.05) is 19.1 Å². The van der Waals surface area contributed by atoms with E-state index < -0.39 is 0 Å². The summed E-state index contributed by atoms with van der Waals surface area (Å²) in [6.07, 6.45) is 6.11. The van der Waals surface area contributed by atoms with E-state index >= 15 is 0 Å². The molecule has 1 saturated heterocycles. The quantitative estimate of drug-likeness (QED) is 0.865. The first-order valence-electron chi connectivity index (χ1n) is 9.13. The Morgan fingerprint density at radius 1 is 1.32 bits per heavy atom. The van der Waals surface area contributed by atoms with E-state index in [2.05, 4.69) is 16.8 Å². The molecule has 0 bridgehead atoms. The number of hydrogen-bond acceptors (Lipinski definition) is 4. The van der Waals surface area contributed by atoms with Crippen LogP contribution in [-0.2, 0) is 12.8 Å². The summed E-state index contributed by atoms with van der Waals surface area (Å²) in [7, 11) is 0. The van der Waals surface area contributed by atoms with Crippen LogP contribution in [0, 0.1) is 6.92 Å². The summed E-state index contributed by atoms with van der Waals surface area (Å²) in [6, 6.07) is 7.68. The Balaban J connectivity index is 1.70. The lowest BCUT2D eigenvalue weighted by Gasteiger charge is -2.35. The van der Waals surface area contributed by atoms with Gasteiger partial charge >= 0.3 is 0 Å². The highest BCUT2D eigenvalue weighted by atomic mass is 32.1. The molecule has 1 aromatic carbocycles. The molecule has 0 saturated carbocycles. The standard InChI is InChI=1S/C20H26N2O2S/c1-3-18-21-14(2)19(25-18)20(24)22-13-5-4-6-16(22)10-7-15-8-11-17(23)12-9-15/h8-9,11-12,16,23H,3-7,10,13H2,1-2H3/t16-/m0/s1. The second kappa shape index (κ2) is 8.00. The van der Waals surface area contributed by atoms with Gasteiger partial charge in [-0.3, -0.25) is 4.79 Å². The number of rotatable bonds is 5. The number of likely N-dealkylation sites (tertiary alicyclic amines) is 1. The van der Waals surface area contributed by atoms with E-state index in [4.69, 9.17) is 0 Å². The van der Waals surface area contributed by atoms with Crippen LogP contribution in [0.4, 0.5) is 0 Å². The van der Waals surface area contributed by atoms with Crippen molar-refractivity contribution < 1.29 is 9.90 Å². The smallest absolute Gasteiger partial charge is 0.266 e. The molecule has 0 unspecified atom stereocenters. The van der Waals surface area contributed by atoms with Gasteiger partial charge in [0.25, 0.3) is 5.91 Å². The third-order valence-corrected chi connectivity index (χ3v) is 6.22. The van der Waals surface area contributed by atoms with Crippen molar-refractivity contribution in [3.05, 3.63) is 45.4 Å². The SMILES string of the molecule is CCc1nc(C)c(C(=O)N2CCCC[C@H]2CCc2ccc(O)cc2)s1. The van der Waals surface area contributed by atoms with Gasteiger partial charge in [0.1, 0.15) is 10.6 Å². The molecule has 0 spiro atoms. The van der Waals surface area contributed by atoms with Crippen LogP contribution < -0.4 is 0 Å². The van der Waals surface area contributed by atoms with Gasteiger partial charge in [-0.1, -0.05) is 19.1 Å². The minimum atomic E-state index is 0.158. The van der Waals surface area contributed by atoms with E-state index in [0.717, 1.165) is 54.2 Å². The molecule has 4 nitrogen and oxygen atoms in total. The van der Waals surface area contributed by atoms with Crippen molar-refractivity contribution >= 4 is 17.2 Å². The van der Waals surface area contributed by atoms with Crippen molar-refractivity contribution in [1.29, 1.82) is 0 Å². The highest BCUT2D eigenvalue weighted by Gasteiger charge is 2.29. The van der Waals surface area contributed by atoms with E-state index in [9.17, 15) is 9.90 Å². The number of aromatic nitrogens is 1. The average molecular weight is 359 g/mol. The maximum Gasteiger partial charge on any atom is 0.266 e. The molecule has 1 aliphatic heterocycles. The number of aromatic hydroxyl groups is 1. The number of benzene rings is 1. The number of piperidine rings is 1. The summed E-state index contributed by atoms with van der Waals surface area (Å²) >= 11 is 1.55. The van der Waals surface area contributed by atoms with Crippen LogP contribution in [0.1, 0.15) is 58.5 Å². The number of carbonyl (C=O) groups is 1. The molecule has 2 aromatic rings. The van der Waals surface area contributed by atoms with Gasteiger partial charge in [0.2, 0.25) is 0 Å². The van der Waals surface area contributed by atoms with Crippen molar-refractivity contribution in [1.82, 2.24) is 9.88 Å². The Hall–Kier alpha value is -1.88. The number of hydrogen-bond donors (Lipinski definition) is 1. The summed E-state index contributed by atoms with van der Waals surface area (Å²) in [5, 5.41) is 10.4. The first-order valence-corrected chi connectivity index (χ1v) is 9.95. The lowest BCUT2D eigenvalue weighted by atomic mass is 9.95. The zero-order valence-electron chi connectivity index (χ0n) is 15.0. The topological polar surface area (TPSA) is 53.4 Å². The molecule has 5 heteroatoms. The van der Waals surface area contributed by atoms with Crippen LogP contribution in [0.15, 0.2) is 24.3 Å². The molecule has 2 heterocycles. The fraction of sp³-hybridized carbons (Fsp3) is 0.500. The van der Waals surface area contributed by atoms with E-state index in [0.29, 0.717) is 11.8 Å². The van der Waals surface area contributed by atoms with Crippen LogP contribution in [-0.4, -0.2) is 33.5 Å². The Bertz CT molecular complexity index is 724. The molecule has 1 amide bonds. The van der Waals surface area contributed by atoms with Gasteiger partial charge < -0.3 is 10.0 Å². The molecule has 0 aliphatic carbocycles. The fourth-order valence-corrected chi connectivity index (χ4v) is 4.46. The first-order chi connectivity index (χ1) is 12.1. The van der Waals surface area contributed by atoms with Crippen LogP contribution in [0.5, 0.6) is 5.75 Å². The van der Waals surface area contributed by atoms with E-state index in [1.54, 1.807) is 23.5 Å². The average Bonchev–Trinajstić information content (AvgIpc) is 3.02. The predicted octanol–water partition coefficient (Wildman–Crippen LogP) is 4.35. The maximum absolute atomic E-state index is 13.1. The highest BCUT2D eigenvalue weighted by Crippen LogP contribution is 2.27. The summed E-state index contributed by atoms with van der Waals surface area (Å²) < 4.78 is 0. The number of carbonyl (C=O) groups excluding carboxylic acids is 1. The van der Waals surface area contributed by atoms with Crippen molar-refractivity contribution in [2.24, 2.45) is 0 Å². The lowest BCUT2D eigenvalue weighted by molar-refractivity contribution is 0.0606. The molecule has 0 radical (unpaired) electrons. The van der Waals surface area contributed by atoms with Gasteiger partial charge in [-0.25, -0.2) is 4.98 Å². The van der Waals surface area contributed by atoms with Crippen LogP contribution in [0.3, 0.4) is 0 Å². The maximum atomic E-state index is 13.1. The molecule has 1 aromatic heterocycles. The Labute approximate surface area is 153 Å². The molecule has 3 rings (SSSR count). The third kappa shape index (κ3) is 4.21. The zero-order valence-corrected chi connectivity index (χ0v) is 15.8. The van der Waals surface area contributed by atoms with Crippen LogP contribution in [0.2, 0.25) is 0 Å².